The van der Waals surface area contributed by atoms with Crippen LogP contribution in [0.2, 0.25) is 0 Å². The largest absolute Gasteiger partial charge is 0.480 e. The van der Waals surface area contributed by atoms with Crippen LogP contribution in [0.4, 0.5) is 5.95 Å². The molecule has 0 spiro atoms. The number of nitrogens with one attached hydrogen (secondary N) is 5. The summed E-state index contributed by atoms with van der Waals surface area (Å²) in [6.45, 7) is 0.130. The molecule has 3 unspecified atom stereocenters. The van der Waals surface area contributed by atoms with Gasteiger partial charge in [-0.1, -0.05) is 48.5 Å². The Morgan fingerprint density at radius 3 is 2.62 bits per heavy atom. The third-order valence-electron chi connectivity index (χ3n) is 5.79. The second-order valence-electron chi connectivity index (χ2n) is 8.42. The molecule has 3 atom stereocenters. The molecule has 12 nitrogen and oxygen atoms in total. The van der Waals surface area contributed by atoms with Crippen LogP contribution in [0.15, 0.2) is 71.9 Å². The molecule has 1 aliphatic heterocycles. The Bertz CT molecular complexity index is 1300. The van der Waals surface area contributed by atoms with Crippen LogP contribution in [-0.4, -0.2) is 66.6 Å². The van der Waals surface area contributed by atoms with Crippen LogP contribution in [0.1, 0.15) is 12.8 Å². The van der Waals surface area contributed by atoms with Crippen molar-refractivity contribution in [3.05, 3.63) is 67.0 Å². The van der Waals surface area contributed by atoms with E-state index in [1.807, 2.05) is 6.07 Å². The standard InChI is InChI=1S/C24H28N6O6S/c31-22(19-14-17(36-29-19)10-11-25-24-26-12-13-27-24)28-15-20(23(32)33)30-37(34,35)21-9-5-4-8-18(21)16-6-2-1-3-7-16/h1-9,12-13,17,19-20,29-30H,10-11,14-15H2,(H,28,31)(H,32,33)(H2,25,26,27). The van der Waals surface area contributed by atoms with Gasteiger partial charge in [0.25, 0.3) is 0 Å². The van der Waals surface area contributed by atoms with Gasteiger partial charge in [-0.05, 0) is 18.1 Å². The summed E-state index contributed by atoms with van der Waals surface area (Å²) in [5.74, 6) is -1.27. The molecule has 1 aromatic heterocycles. The summed E-state index contributed by atoms with van der Waals surface area (Å²) in [5.41, 5.74) is 3.76. The summed E-state index contributed by atoms with van der Waals surface area (Å²) < 4.78 is 28.5. The molecule has 0 radical (unpaired) electrons. The zero-order valence-corrected chi connectivity index (χ0v) is 20.6. The van der Waals surface area contributed by atoms with Gasteiger partial charge in [0.15, 0.2) is 5.95 Å². The minimum absolute atomic E-state index is 0.0596. The van der Waals surface area contributed by atoms with Gasteiger partial charge in [0.1, 0.15) is 12.1 Å². The maximum Gasteiger partial charge on any atom is 0.323 e. The van der Waals surface area contributed by atoms with Gasteiger partial charge in [0, 0.05) is 37.5 Å². The van der Waals surface area contributed by atoms with Gasteiger partial charge in [-0.15, -0.1) is 0 Å². The van der Waals surface area contributed by atoms with E-state index in [0.29, 0.717) is 36.5 Å². The highest BCUT2D eigenvalue weighted by molar-refractivity contribution is 7.89. The number of hydroxylamine groups is 1. The van der Waals surface area contributed by atoms with E-state index in [1.54, 1.807) is 54.9 Å². The SMILES string of the molecule is O=C(O)C(CNC(=O)C1CC(CCNc2ncc[nH]2)ON1)NS(=O)(=O)c1ccccc1-c1ccccc1. The predicted molar refractivity (Wildman–Crippen MR) is 135 cm³/mol. The van der Waals surface area contributed by atoms with E-state index in [9.17, 15) is 23.1 Å². The molecule has 6 N–H and O–H groups in total. The molecule has 4 rings (SSSR count). The molecule has 0 aliphatic carbocycles. The number of rotatable bonds is 12. The fraction of sp³-hybridized carbons (Fsp3) is 0.292. The first-order valence-electron chi connectivity index (χ1n) is 11.6. The van der Waals surface area contributed by atoms with Crippen molar-refractivity contribution in [2.45, 2.75) is 35.9 Å². The molecule has 2 heterocycles. The van der Waals surface area contributed by atoms with Crippen LogP contribution in [0.25, 0.3) is 11.1 Å². The van der Waals surface area contributed by atoms with Gasteiger partial charge in [0.2, 0.25) is 15.9 Å². The molecule has 0 bridgehead atoms. The molecule has 0 saturated carbocycles. The molecule has 1 fully saturated rings. The lowest BCUT2D eigenvalue weighted by Gasteiger charge is -2.18. The van der Waals surface area contributed by atoms with Gasteiger partial charge in [-0.2, -0.15) is 10.2 Å². The normalized spacial score (nSPS) is 18.3. The fourth-order valence-electron chi connectivity index (χ4n) is 3.90. The number of anilines is 1. The number of amides is 1. The van der Waals surface area contributed by atoms with Crippen molar-refractivity contribution in [2.24, 2.45) is 0 Å². The minimum Gasteiger partial charge on any atom is -0.480 e. The van der Waals surface area contributed by atoms with Crippen molar-refractivity contribution in [1.29, 1.82) is 0 Å². The van der Waals surface area contributed by atoms with Crippen LogP contribution < -0.4 is 20.8 Å². The molecule has 196 valence electrons. The highest BCUT2D eigenvalue weighted by Crippen LogP contribution is 2.27. The van der Waals surface area contributed by atoms with E-state index in [4.69, 9.17) is 4.84 Å². The Labute approximate surface area is 213 Å². The Balaban J connectivity index is 1.32. The molecular weight excluding hydrogens is 500 g/mol. The summed E-state index contributed by atoms with van der Waals surface area (Å²) in [4.78, 5) is 36.8. The fourth-order valence-corrected chi connectivity index (χ4v) is 5.32. The number of carboxylic acids is 1. The molecular formula is C24H28N6O6S. The summed E-state index contributed by atoms with van der Waals surface area (Å²) in [6.07, 6.45) is 4.07. The Hall–Kier alpha value is -3.78. The monoisotopic (exact) mass is 528 g/mol. The number of sulfonamides is 1. The lowest BCUT2D eigenvalue weighted by molar-refractivity contribution is -0.139. The molecule has 1 saturated heterocycles. The topological polar surface area (TPSA) is 175 Å². The second-order valence-corrected chi connectivity index (χ2v) is 10.1. The molecule has 2 aromatic carbocycles. The average molecular weight is 529 g/mol. The van der Waals surface area contributed by atoms with Crippen LogP contribution in [0.3, 0.4) is 0 Å². The van der Waals surface area contributed by atoms with E-state index in [2.05, 4.69) is 30.8 Å². The Kier molecular flexibility index (Phi) is 8.50. The van der Waals surface area contributed by atoms with Crippen molar-refractivity contribution >= 4 is 27.8 Å². The number of aliphatic carboxylic acids is 1. The third-order valence-corrected chi connectivity index (χ3v) is 7.32. The highest BCUT2D eigenvalue weighted by atomic mass is 32.2. The predicted octanol–water partition coefficient (Wildman–Crippen LogP) is 1.09. The molecule has 13 heteroatoms. The number of aromatic nitrogens is 2. The first kappa shape index (κ1) is 26.3. The number of carboxylic acid groups (broad SMARTS) is 1. The maximum absolute atomic E-state index is 13.1. The van der Waals surface area contributed by atoms with Gasteiger partial charge in [-0.25, -0.2) is 13.4 Å². The molecule has 1 amide bonds. The average Bonchev–Trinajstić information content (AvgIpc) is 3.59. The van der Waals surface area contributed by atoms with Gasteiger partial charge in [0.05, 0.1) is 11.0 Å². The van der Waals surface area contributed by atoms with Crippen LogP contribution in [0, 0.1) is 0 Å². The highest BCUT2D eigenvalue weighted by Gasteiger charge is 2.32. The van der Waals surface area contributed by atoms with Crippen molar-refractivity contribution < 1.29 is 28.0 Å². The molecule has 37 heavy (non-hydrogen) atoms. The van der Waals surface area contributed by atoms with Crippen LogP contribution in [0.5, 0.6) is 0 Å². The number of benzene rings is 2. The van der Waals surface area contributed by atoms with Gasteiger partial charge >= 0.3 is 5.97 Å². The zero-order chi connectivity index (χ0) is 26.3. The van der Waals surface area contributed by atoms with E-state index in [-0.39, 0.29) is 11.0 Å². The number of H-pyrrole nitrogens is 1. The number of nitrogens with zero attached hydrogens (tertiary/aromatic N) is 1. The number of hydrogen-bond donors (Lipinski definition) is 6. The number of hydrogen-bond acceptors (Lipinski definition) is 8. The summed E-state index contributed by atoms with van der Waals surface area (Å²) in [5, 5.41) is 15.2. The minimum atomic E-state index is -4.23. The summed E-state index contributed by atoms with van der Waals surface area (Å²) in [7, 11) is -4.23. The summed E-state index contributed by atoms with van der Waals surface area (Å²) in [6, 6.07) is 12.9. The van der Waals surface area contributed by atoms with E-state index in [1.165, 1.54) is 6.07 Å². The Morgan fingerprint density at radius 1 is 1.14 bits per heavy atom. The van der Waals surface area contributed by atoms with Crippen molar-refractivity contribution in [1.82, 2.24) is 25.5 Å². The van der Waals surface area contributed by atoms with Crippen molar-refractivity contribution in [3.8, 4) is 11.1 Å². The smallest absolute Gasteiger partial charge is 0.323 e. The quantitative estimate of drug-likeness (QED) is 0.201. The second kappa shape index (κ2) is 12.0. The lowest BCUT2D eigenvalue weighted by atomic mass is 10.1. The first-order valence-corrected chi connectivity index (χ1v) is 13.1. The van der Waals surface area contributed by atoms with E-state index < -0.39 is 40.5 Å². The number of aromatic amines is 1. The number of imidazole rings is 1. The number of carbonyl (C=O) groups excluding carboxylic acids is 1. The summed E-state index contributed by atoms with van der Waals surface area (Å²) >= 11 is 0. The van der Waals surface area contributed by atoms with Crippen molar-refractivity contribution in [2.75, 3.05) is 18.4 Å². The first-order chi connectivity index (χ1) is 17.8. The van der Waals surface area contributed by atoms with E-state index >= 15 is 0 Å². The van der Waals surface area contributed by atoms with Crippen LogP contribution in [-0.2, 0) is 24.4 Å². The number of carbonyl (C=O) groups is 2. The van der Waals surface area contributed by atoms with Gasteiger partial charge in [-0.3, -0.25) is 14.4 Å². The molecule has 1 aliphatic rings. The lowest BCUT2D eigenvalue weighted by Crippen LogP contribution is -2.51. The molecule has 3 aromatic rings. The van der Waals surface area contributed by atoms with Gasteiger partial charge < -0.3 is 20.7 Å². The zero-order valence-electron chi connectivity index (χ0n) is 19.8. The third kappa shape index (κ3) is 6.92. The van der Waals surface area contributed by atoms with Crippen LogP contribution >= 0.6 is 0 Å². The van der Waals surface area contributed by atoms with Crippen molar-refractivity contribution in [3.63, 3.8) is 0 Å². The Morgan fingerprint density at radius 2 is 1.89 bits per heavy atom. The maximum atomic E-state index is 13.1. The van der Waals surface area contributed by atoms with E-state index in [0.717, 1.165) is 0 Å².